The van der Waals surface area contributed by atoms with E-state index in [2.05, 4.69) is 5.32 Å². The van der Waals surface area contributed by atoms with Gasteiger partial charge in [0.05, 0.1) is 11.9 Å². The maximum Gasteiger partial charge on any atom is 0.281 e. The van der Waals surface area contributed by atoms with Gasteiger partial charge >= 0.3 is 0 Å². The maximum atomic E-state index is 12.5. The summed E-state index contributed by atoms with van der Waals surface area (Å²) in [5.41, 5.74) is 0.943. The number of carbonyl (C=O) groups excluding carboxylic acids is 1. The van der Waals surface area contributed by atoms with Crippen molar-refractivity contribution >= 4 is 37.5 Å². The van der Waals surface area contributed by atoms with E-state index in [0.717, 1.165) is 14.9 Å². The first kappa shape index (κ1) is 21.6. The molecular weight excluding hydrogens is 392 g/mol. The van der Waals surface area contributed by atoms with E-state index >= 15 is 0 Å². The van der Waals surface area contributed by atoms with E-state index in [1.165, 1.54) is 25.4 Å². The molecule has 11 heteroatoms. The molecule has 1 aliphatic rings. The van der Waals surface area contributed by atoms with Crippen LogP contribution in [-0.4, -0.2) is 71.8 Å². The van der Waals surface area contributed by atoms with E-state index in [4.69, 9.17) is 0 Å². The Labute approximate surface area is 161 Å². The lowest BCUT2D eigenvalue weighted by Crippen LogP contribution is -2.46. The average molecular weight is 419 g/mol. The number of hydrogen-bond acceptors (Lipinski definition) is 5. The van der Waals surface area contributed by atoms with Crippen molar-refractivity contribution in [1.29, 1.82) is 0 Å². The van der Waals surface area contributed by atoms with Crippen LogP contribution in [0.25, 0.3) is 0 Å². The van der Waals surface area contributed by atoms with Crippen molar-refractivity contribution in [3.05, 3.63) is 24.3 Å². The van der Waals surface area contributed by atoms with Crippen LogP contribution in [0.2, 0.25) is 0 Å². The Balaban J connectivity index is 2.01. The quantitative estimate of drug-likeness (QED) is 0.726. The van der Waals surface area contributed by atoms with Crippen LogP contribution in [0.15, 0.2) is 24.3 Å². The van der Waals surface area contributed by atoms with Crippen LogP contribution in [0.3, 0.4) is 0 Å². The lowest BCUT2D eigenvalue weighted by atomic mass is 9.97. The third kappa shape index (κ3) is 5.18. The van der Waals surface area contributed by atoms with Gasteiger partial charge in [0, 0.05) is 45.8 Å². The van der Waals surface area contributed by atoms with Crippen LogP contribution < -0.4 is 9.62 Å². The predicted octanol–water partition coefficient (Wildman–Crippen LogP) is 0.539. The summed E-state index contributed by atoms with van der Waals surface area (Å²) in [5, 5.41) is 2.80. The Hall–Kier alpha value is -1.69. The van der Waals surface area contributed by atoms with Gasteiger partial charge in [-0.2, -0.15) is 17.0 Å². The number of carbonyl (C=O) groups is 1. The number of amides is 1. The van der Waals surface area contributed by atoms with Crippen molar-refractivity contribution in [2.45, 2.75) is 12.8 Å². The fraction of sp³-hybridized carbons (Fsp3) is 0.562. The Morgan fingerprint density at radius 3 is 2.22 bits per heavy atom. The second kappa shape index (κ2) is 8.13. The zero-order valence-electron chi connectivity index (χ0n) is 15.9. The summed E-state index contributed by atoms with van der Waals surface area (Å²) in [6.07, 6.45) is 1.97. The molecule has 0 atom stereocenters. The molecular formula is C16H26N4O5S2. The van der Waals surface area contributed by atoms with Gasteiger partial charge in [-0.15, -0.1) is 0 Å². The molecule has 1 aliphatic heterocycles. The molecule has 1 heterocycles. The van der Waals surface area contributed by atoms with Crippen molar-refractivity contribution in [2.24, 2.45) is 5.92 Å². The van der Waals surface area contributed by atoms with Gasteiger partial charge in [0.2, 0.25) is 15.9 Å². The minimum Gasteiger partial charge on any atom is -0.326 e. The van der Waals surface area contributed by atoms with Gasteiger partial charge in [-0.1, -0.05) is 6.07 Å². The molecule has 1 amide bonds. The average Bonchev–Trinajstić information content (AvgIpc) is 2.60. The van der Waals surface area contributed by atoms with Crippen LogP contribution in [0.4, 0.5) is 11.4 Å². The Bertz CT molecular complexity index is 891. The molecule has 0 aliphatic carbocycles. The second-order valence-corrected chi connectivity index (χ2v) is 10.9. The van der Waals surface area contributed by atoms with Gasteiger partial charge in [-0.05, 0) is 31.0 Å². The number of benzene rings is 1. The monoisotopic (exact) mass is 418 g/mol. The number of nitrogens with zero attached hydrogens (tertiary/aromatic N) is 3. The van der Waals surface area contributed by atoms with Gasteiger partial charge in [-0.3, -0.25) is 9.10 Å². The van der Waals surface area contributed by atoms with E-state index in [1.54, 1.807) is 24.3 Å². The molecule has 1 saturated heterocycles. The van der Waals surface area contributed by atoms with Crippen molar-refractivity contribution in [1.82, 2.24) is 8.61 Å². The highest BCUT2D eigenvalue weighted by molar-refractivity contribution is 7.92. The van der Waals surface area contributed by atoms with Gasteiger partial charge in [0.25, 0.3) is 10.2 Å². The van der Waals surface area contributed by atoms with E-state index in [0.29, 0.717) is 24.2 Å². The molecule has 1 fully saturated rings. The van der Waals surface area contributed by atoms with Gasteiger partial charge in [0.15, 0.2) is 0 Å². The first-order chi connectivity index (χ1) is 12.4. The number of anilines is 2. The van der Waals surface area contributed by atoms with Crippen LogP contribution in [0.1, 0.15) is 12.8 Å². The Kier molecular flexibility index (Phi) is 6.51. The van der Waals surface area contributed by atoms with Crippen LogP contribution >= 0.6 is 0 Å². The molecule has 1 aromatic rings. The number of rotatable bonds is 6. The number of piperidine rings is 1. The molecule has 1 aromatic carbocycles. The third-order valence-electron chi connectivity index (χ3n) is 4.59. The highest BCUT2D eigenvalue weighted by Gasteiger charge is 2.32. The largest absolute Gasteiger partial charge is 0.326 e. The predicted molar refractivity (Wildman–Crippen MR) is 105 cm³/mol. The molecule has 1 N–H and O–H groups in total. The minimum absolute atomic E-state index is 0.198. The molecule has 9 nitrogen and oxygen atoms in total. The summed E-state index contributed by atoms with van der Waals surface area (Å²) in [7, 11) is -2.46. The number of nitrogens with one attached hydrogen (secondary N) is 1. The minimum atomic E-state index is -3.46. The standard InChI is InChI=1S/C16H26N4O5S2/c1-18(2)27(24,25)20-10-8-13(9-11-20)16(21)17-14-6-5-7-15(12-14)19(3)26(4,22)23/h5-7,12-13H,8-11H2,1-4H3,(H,17,21). The first-order valence-corrected chi connectivity index (χ1v) is 11.7. The molecule has 152 valence electrons. The topological polar surface area (TPSA) is 107 Å². The highest BCUT2D eigenvalue weighted by atomic mass is 32.2. The summed E-state index contributed by atoms with van der Waals surface area (Å²) >= 11 is 0. The van der Waals surface area contributed by atoms with Gasteiger partial charge in [-0.25, -0.2) is 8.42 Å². The highest BCUT2D eigenvalue weighted by Crippen LogP contribution is 2.24. The SMILES string of the molecule is CN(c1cccc(NC(=O)C2CCN(S(=O)(=O)N(C)C)CC2)c1)S(C)(=O)=O. The van der Waals surface area contributed by atoms with E-state index < -0.39 is 20.2 Å². The molecule has 0 aromatic heterocycles. The molecule has 0 unspecified atom stereocenters. The number of sulfonamides is 1. The summed E-state index contributed by atoms with van der Waals surface area (Å²) in [6.45, 7) is 0.574. The van der Waals surface area contributed by atoms with Gasteiger partial charge < -0.3 is 5.32 Å². The van der Waals surface area contributed by atoms with E-state index in [9.17, 15) is 21.6 Å². The summed E-state index contributed by atoms with van der Waals surface area (Å²) < 4.78 is 51.2. The summed E-state index contributed by atoms with van der Waals surface area (Å²) in [5.74, 6) is -0.494. The second-order valence-electron chi connectivity index (χ2n) is 6.73. The van der Waals surface area contributed by atoms with E-state index in [-0.39, 0.29) is 24.9 Å². The van der Waals surface area contributed by atoms with Crippen molar-refractivity contribution in [2.75, 3.05) is 50.1 Å². The summed E-state index contributed by atoms with van der Waals surface area (Å²) in [4.78, 5) is 12.5. The molecule has 0 bridgehead atoms. The first-order valence-electron chi connectivity index (χ1n) is 8.45. The van der Waals surface area contributed by atoms with Crippen molar-refractivity contribution in [3.8, 4) is 0 Å². The lowest BCUT2D eigenvalue weighted by molar-refractivity contribution is -0.120. The van der Waals surface area contributed by atoms with Crippen molar-refractivity contribution in [3.63, 3.8) is 0 Å². The Morgan fingerprint density at radius 1 is 1.11 bits per heavy atom. The maximum absolute atomic E-state index is 12.5. The van der Waals surface area contributed by atoms with Gasteiger partial charge in [0.1, 0.15) is 0 Å². The fourth-order valence-electron chi connectivity index (χ4n) is 2.79. The number of hydrogen-bond donors (Lipinski definition) is 1. The van der Waals surface area contributed by atoms with Crippen LogP contribution in [0, 0.1) is 5.92 Å². The van der Waals surface area contributed by atoms with Crippen LogP contribution in [0.5, 0.6) is 0 Å². The zero-order chi connectivity index (χ0) is 20.4. The Morgan fingerprint density at radius 2 is 1.70 bits per heavy atom. The molecule has 2 rings (SSSR count). The zero-order valence-corrected chi connectivity index (χ0v) is 17.5. The molecule has 0 radical (unpaired) electrons. The lowest BCUT2D eigenvalue weighted by Gasteiger charge is -2.32. The smallest absolute Gasteiger partial charge is 0.281 e. The van der Waals surface area contributed by atoms with Crippen molar-refractivity contribution < 1.29 is 21.6 Å². The molecule has 0 spiro atoms. The fourth-order valence-corrected chi connectivity index (χ4v) is 4.43. The molecule has 27 heavy (non-hydrogen) atoms. The van der Waals surface area contributed by atoms with E-state index in [1.807, 2.05) is 0 Å². The molecule has 0 saturated carbocycles. The normalized spacial score (nSPS) is 17.1. The van der Waals surface area contributed by atoms with Crippen LogP contribution in [-0.2, 0) is 25.0 Å². The third-order valence-corrected chi connectivity index (χ3v) is 7.73. The summed E-state index contributed by atoms with van der Waals surface area (Å²) in [6, 6.07) is 6.58.